The normalized spacial score (nSPS) is 26.6. The molecule has 2 aliphatic rings. The Kier molecular flexibility index (Phi) is 3.24. The fourth-order valence-corrected chi connectivity index (χ4v) is 2.72. The van der Waals surface area contributed by atoms with Gasteiger partial charge in [0.25, 0.3) is 0 Å². The van der Waals surface area contributed by atoms with Crippen molar-refractivity contribution in [3.8, 4) is 0 Å². The van der Waals surface area contributed by atoms with Crippen molar-refractivity contribution in [3.05, 3.63) is 11.9 Å². The molecule has 3 rings (SSSR count). The molecular formula is C12H19N5O2. The van der Waals surface area contributed by atoms with Gasteiger partial charge in [-0.2, -0.15) is 0 Å². The van der Waals surface area contributed by atoms with Gasteiger partial charge in [-0.15, -0.1) is 5.10 Å². The summed E-state index contributed by atoms with van der Waals surface area (Å²) in [5.41, 5.74) is 1.02. The van der Waals surface area contributed by atoms with E-state index in [2.05, 4.69) is 15.2 Å². The summed E-state index contributed by atoms with van der Waals surface area (Å²) in [6.45, 7) is 2.73. The first-order valence-electron chi connectivity index (χ1n) is 6.58. The Labute approximate surface area is 112 Å². The second-order valence-corrected chi connectivity index (χ2v) is 5.40. The molecule has 1 amide bonds. The second kappa shape index (κ2) is 4.90. The number of nitrogens with zero attached hydrogens (tertiary/aromatic N) is 5. The summed E-state index contributed by atoms with van der Waals surface area (Å²) < 4.78 is 7.80. The Morgan fingerprint density at radius 2 is 2.42 bits per heavy atom. The van der Waals surface area contributed by atoms with Crippen molar-refractivity contribution in [3.63, 3.8) is 0 Å². The van der Waals surface area contributed by atoms with Gasteiger partial charge in [0.05, 0.1) is 37.2 Å². The minimum atomic E-state index is 0.133. The summed E-state index contributed by atoms with van der Waals surface area (Å²) in [6.07, 6.45) is 2.88. The summed E-state index contributed by atoms with van der Waals surface area (Å²) in [7, 11) is 3.57. The Morgan fingerprint density at radius 3 is 3.21 bits per heavy atom. The number of likely N-dealkylation sites (N-methyl/N-ethyl adjacent to an activating group) is 1. The topological polar surface area (TPSA) is 63.5 Å². The molecule has 1 aromatic rings. The van der Waals surface area contributed by atoms with Crippen LogP contribution in [0.5, 0.6) is 0 Å². The number of piperidine rings is 1. The van der Waals surface area contributed by atoms with Gasteiger partial charge in [0, 0.05) is 27.2 Å². The van der Waals surface area contributed by atoms with Gasteiger partial charge in [-0.1, -0.05) is 5.21 Å². The molecule has 0 aromatic carbocycles. The molecule has 7 heteroatoms. The summed E-state index contributed by atoms with van der Waals surface area (Å²) in [5.74, 6) is 0.133. The minimum Gasteiger partial charge on any atom is -0.370 e. The molecule has 7 nitrogen and oxygen atoms in total. The molecule has 104 valence electrons. The van der Waals surface area contributed by atoms with Crippen molar-refractivity contribution in [2.45, 2.75) is 25.2 Å². The molecule has 2 aliphatic heterocycles. The highest BCUT2D eigenvalue weighted by molar-refractivity contribution is 5.77. The average molecular weight is 265 g/mol. The highest BCUT2D eigenvalue weighted by Crippen LogP contribution is 2.29. The first kappa shape index (κ1) is 12.6. The van der Waals surface area contributed by atoms with E-state index in [0.29, 0.717) is 13.2 Å². The van der Waals surface area contributed by atoms with Crippen LogP contribution < -0.4 is 0 Å². The van der Waals surface area contributed by atoms with Crippen LogP contribution >= 0.6 is 0 Å². The second-order valence-electron chi connectivity index (χ2n) is 5.40. The van der Waals surface area contributed by atoms with Gasteiger partial charge in [0.2, 0.25) is 5.91 Å². The van der Waals surface area contributed by atoms with E-state index in [9.17, 15) is 4.79 Å². The number of hydrogen-bond acceptors (Lipinski definition) is 5. The van der Waals surface area contributed by atoms with Crippen molar-refractivity contribution < 1.29 is 9.53 Å². The van der Waals surface area contributed by atoms with Crippen molar-refractivity contribution in [1.82, 2.24) is 24.8 Å². The fraction of sp³-hybridized carbons (Fsp3) is 0.750. The molecule has 0 unspecified atom stereocenters. The van der Waals surface area contributed by atoms with E-state index >= 15 is 0 Å². The standard InChI is InChI=1S/C12H19N5O2/c1-15(2)12(18)7-16-4-3-11-10(6-16)17-9(8-19-11)5-13-14-17/h5,10-11H,3-4,6-8H2,1-2H3/t10-,11+/m0/s1. The van der Waals surface area contributed by atoms with Crippen LogP contribution in [0.4, 0.5) is 0 Å². The smallest absolute Gasteiger partial charge is 0.236 e. The highest BCUT2D eigenvalue weighted by Gasteiger charge is 2.36. The van der Waals surface area contributed by atoms with Gasteiger partial charge in [-0.3, -0.25) is 9.69 Å². The highest BCUT2D eigenvalue weighted by atomic mass is 16.5. The summed E-state index contributed by atoms with van der Waals surface area (Å²) in [6, 6.07) is 0.176. The van der Waals surface area contributed by atoms with Gasteiger partial charge in [-0.05, 0) is 6.42 Å². The Bertz CT molecular complexity index is 472. The fourth-order valence-electron chi connectivity index (χ4n) is 2.72. The van der Waals surface area contributed by atoms with Crippen LogP contribution in [-0.2, 0) is 16.1 Å². The molecule has 0 saturated carbocycles. The van der Waals surface area contributed by atoms with E-state index in [4.69, 9.17) is 4.74 Å². The molecule has 2 atom stereocenters. The SMILES string of the molecule is CN(C)C(=O)CN1CC[C@H]2OCc3cnnn3[C@H]2C1. The van der Waals surface area contributed by atoms with E-state index in [1.54, 1.807) is 25.2 Å². The van der Waals surface area contributed by atoms with Crippen molar-refractivity contribution in [2.75, 3.05) is 33.7 Å². The molecule has 19 heavy (non-hydrogen) atoms. The van der Waals surface area contributed by atoms with Crippen molar-refractivity contribution in [2.24, 2.45) is 0 Å². The first-order chi connectivity index (χ1) is 9.15. The molecule has 1 fully saturated rings. The quantitative estimate of drug-likeness (QED) is 0.722. The molecule has 0 aliphatic carbocycles. The van der Waals surface area contributed by atoms with Gasteiger partial charge < -0.3 is 9.64 Å². The van der Waals surface area contributed by atoms with Crippen LogP contribution in [-0.4, -0.2) is 70.5 Å². The van der Waals surface area contributed by atoms with Crippen LogP contribution in [0.1, 0.15) is 18.2 Å². The maximum atomic E-state index is 11.8. The van der Waals surface area contributed by atoms with E-state index < -0.39 is 0 Å². The zero-order valence-corrected chi connectivity index (χ0v) is 11.3. The minimum absolute atomic E-state index is 0.133. The summed E-state index contributed by atoms with van der Waals surface area (Å²) in [4.78, 5) is 15.6. The molecule has 0 N–H and O–H groups in total. The predicted octanol–water partition coefficient (Wildman–Crippen LogP) is -0.488. The third-order valence-electron chi connectivity index (χ3n) is 3.87. The lowest BCUT2D eigenvalue weighted by atomic mass is 10.0. The molecule has 1 saturated heterocycles. The van der Waals surface area contributed by atoms with Crippen LogP contribution in [0.15, 0.2) is 6.20 Å². The lowest BCUT2D eigenvalue weighted by molar-refractivity contribution is -0.131. The van der Waals surface area contributed by atoms with Crippen molar-refractivity contribution >= 4 is 5.91 Å². The van der Waals surface area contributed by atoms with Crippen LogP contribution in [0, 0.1) is 0 Å². The number of likely N-dealkylation sites (tertiary alicyclic amines) is 1. The zero-order chi connectivity index (χ0) is 13.4. The molecule has 3 heterocycles. The van der Waals surface area contributed by atoms with E-state index in [-0.39, 0.29) is 18.1 Å². The maximum Gasteiger partial charge on any atom is 0.236 e. The largest absolute Gasteiger partial charge is 0.370 e. The number of ether oxygens (including phenoxy) is 1. The third-order valence-corrected chi connectivity index (χ3v) is 3.87. The third kappa shape index (κ3) is 2.35. The van der Waals surface area contributed by atoms with Gasteiger partial charge >= 0.3 is 0 Å². The summed E-state index contributed by atoms with van der Waals surface area (Å²) in [5, 5.41) is 8.10. The molecule has 0 spiro atoms. The lowest BCUT2D eigenvalue weighted by Gasteiger charge is -2.40. The van der Waals surface area contributed by atoms with Gasteiger partial charge in [0.1, 0.15) is 0 Å². The van der Waals surface area contributed by atoms with Crippen LogP contribution in [0.2, 0.25) is 0 Å². The molecular weight excluding hydrogens is 246 g/mol. The number of aromatic nitrogens is 3. The number of hydrogen-bond donors (Lipinski definition) is 0. The first-order valence-corrected chi connectivity index (χ1v) is 6.58. The molecule has 0 radical (unpaired) electrons. The zero-order valence-electron chi connectivity index (χ0n) is 11.3. The number of fused-ring (bicyclic) bond motifs is 3. The number of carbonyl (C=O) groups excluding carboxylic acids is 1. The van der Waals surface area contributed by atoms with Crippen LogP contribution in [0.25, 0.3) is 0 Å². The van der Waals surface area contributed by atoms with Gasteiger partial charge in [0.15, 0.2) is 0 Å². The monoisotopic (exact) mass is 265 g/mol. The van der Waals surface area contributed by atoms with E-state index in [0.717, 1.165) is 25.2 Å². The Morgan fingerprint density at radius 1 is 1.58 bits per heavy atom. The lowest BCUT2D eigenvalue weighted by Crippen LogP contribution is -2.50. The van der Waals surface area contributed by atoms with E-state index in [1.807, 2.05) is 4.68 Å². The number of carbonyl (C=O) groups is 1. The maximum absolute atomic E-state index is 11.8. The molecule has 0 bridgehead atoms. The summed E-state index contributed by atoms with van der Waals surface area (Å²) >= 11 is 0. The number of rotatable bonds is 2. The van der Waals surface area contributed by atoms with Crippen molar-refractivity contribution in [1.29, 1.82) is 0 Å². The predicted molar refractivity (Wildman–Crippen MR) is 67.4 cm³/mol. The average Bonchev–Trinajstić information content (AvgIpc) is 2.87. The van der Waals surface area contributed by atoms with Crippen LogP contribution in [0.3, 0.4) is 0 Å². The van der Waals surface area contributed by atoms with E-state index in [1.165, 1.54) is 0 Å². The van der Waals surface area contributed by atoms with Gasteiger partial charge in [-0.25, -0.2) is 4.68 Å². The Hall–Kier alpha value is -1.47. The number of amides is 1. The Balaban J connectivity index is 1.70. The molecule has 1 aromatic heterocycles.